The lowest BCUT2D eigenvalue weighted by Gasteiger charge is -2.37. The van der Waals surface area contributed by atoms with Crippen LogP contribution in [-0.4, -0.2) is 34.3 Å². The van der Waals surface area contributed by atoms with Crippen molar-refractivity contribution in [2.24, 2.45) is 0 Å². The lowest BCUT2D eigenvalue weighted by atomic mass is 9.99. The van der Waals surface area contributed by atoms with Crippen LogP contribution in [0.5, 0.6) is 0 Å². The predicted octanol–water partition coefficient (Wildman–Crippen LogP) is 2.43. The second-order valence-corrected chi connectivity index (χ2v) is 5.03. The quantitative estimate of drug-likeness (QED) is 0.853. The number of hydrogen-bond donors (Lipinski definition) is 1. The Morgan fingerprint density at radius 1 is 1.44 bits per heavy atom. The minimum absolute atomic E-state index is 0.224. The van der Waals surface area contributed by atoms with Gasteiger partial charge in [-0.2, -0.15) is 0 Å². The van der Waals surface area contributed by atoms with Gasteiger partial charge in [0, 0.05) is 24.8 Å². The van der Waals surface area contributed by atoms with Crippen LogP contribution in [0.4, 0.5) is 5.82 Å². The van der Waals surface area contributed by atoms with Gasteiger partial charge in [-0.15, -0.1) is 0 Å². The first kappa shape index (κ1) is 13.6. The van der Waals surface area contributed by atoms with Crippen LogP contribution in [0.15, 0.2) is 6.33 Å². The van der Waals surface area contributed by atoms with Crippen LogP contribution in [0.25, 0.3) is 0 Å². The van der Waals surface area contributed by atoms with E-state index in [2.05, 4.69) is 21.8 Å². The van der Waals surface area contributed by atoms with E-state index in [0.717, 1.165) is 37.2 Å². The number of halogens is 1. The summed E-state index contributed by atoms with van der Waals surface area (Å²) in [5, 5.41) is 9.73. The second-order valence-electron chi connectivity index (χ2n) is 4.68. The van der Waals surface area contributed by atoms with Crippen LogP contribution in [-0.2, 0) is 6.42 Å². The third kappa shape index (κ3) is 2.75. The van der Waals surface area contributed by atoms with Gasteiger partial charge >= 0.3 is 0 Å². The van der Waals surface area contributed by atoms with Crippen molar-refractivity contribution in [3.8, 4) is 0 Å². The first-order valence-electron chi connectivity index (χ1n) is 6.64. The fourth-order valence-electron chi connectivity index (χ4n) is 2.66. The molecule has 100 valence electrons. The van der Waals surface area contributed by atoms with Crippen LogP contribution in [0.3, 0.4) is 0 Å². The summed E-state index contributed by atoms with van der Waals surface area (Å²) < 4.78 is 0. The maximum absolute atomic E-state index is 9.18. The van der Waals surface area contributed by atoms with Gasteiger partial charge < -0.3 is 10.0 Å². The van der Waals surface area contributed by atoms with Gasteiger partial charge in [-0.25, -0.2) is 9.97 Å². The lowest BCUT2D eigenvalue weighted by molar-refractivity contribution is 0.262. The highest BCUT2D eigenvalue weighted by Gasteiger charge is 2.25. The molecule has 1 fully saturated rings. The Labute approximate surface area is 113 Å². The number of anilines is 1. The Morgan fingerprint density at radius 2 is 2.28 bits per heavy atom. The molecule has 1 atom stereocenters. The molecule has 2 heterocycles. The van der Waals surface area contributed by atoms with Crippen LogP contribution < -0.4 is 4.90 Å². The highest BCUT2D eigenvalue weighted by Crippen LogP contribution is 2.30. The average molecular weight is 270 g/mol. The molecule has 0 aromatic carbocycles. The van der Waals surface area contributed by atoms with E-state index < -0.39 is 0 Å². The molecule has 0 saturated carbocycles. The van der Waals surface area contributed by atoms with Crippen LogP contribution in [0, 0.1) is 0 Å². The standard InChI is InChI=1S/C13H20ClN3O/c1-2-11-12(14)15-9-16-13(11)17-7-4-3-5-10(17)6-8-18/h9-10,18H,2-8H2,1H3. The molecule has 5 heteroatoms. The first-order valence-corrected chi connectivity index (χ1v) is 7.02. The van der Waals surface area contributed by atoms with Crippen molar-refractivity contribution in [2.45, 2.75) is 45.1 Å². The Balaban J connectivity index is 2.30. The molecule has 1 saturated heterocycles. The SMILES string of the molecule is CCc1c(Cl)ncnc1N1CCCCC1CCO. The highest BCUT2D eigenvalue weighted by atomic mass is 35.5. The smallest absolute Gasteiger partial charge is 0.137 e. The maximum atomic E-state index is 9.18. The Hall–Kier alpha value is -0.870. The number of nitrogens with zero attached hydrogens (tertiary/aromatic N) is 3. The van der Waals surface area contributed by atoms with Crippen LogP contribution in [0.2, 0.25) is 5.15 Å². The van der Waals surface area contributed by atoms with E-state index in [-0.39, 0.29) is 6.61 Å². The van der Waals surface area contributed by atoms with Gasteiger partial charge in [0.15, 0.2) is 0 Å². The van der Waals surface area contributed by atoms with Gasteiger partial charge in [-0.05, 0) is 32.1 Å². The summed E-state index contributed by atoms with van der Waals surface area (Å²) in [5.74, 6) is 0.954. The summed E-state index contributed by atoms with van der Waals surface area (Å²) >= 11 is 6.15. The van der Waals surface area contributed by atoms with E-state index in [1.165, 1.54) is 19.2 Å². The molecule has 0 bridgehead atoms. The summed E-state index contributed by atoms with van der Waals surface area (Å²) in [6.45, 7) is 3.28. The molecule has 0 amide bonds. The Bertz CT molecular complexity index is 398. The zero-order chi connectivity index (χ0) is 13.0. The highest BCUT2D eigenvalue weighted by molar-refractivity contribution is 6.30. The number of aliphatic hydroxyl groups is 1. The van der Waals surface area contributed by atoms with Crippen molar-refractivity contribution in [3.05, 3.63) is 17.0 Å². The van der Waals surface area contributed by atoms with E-state index in [9.17, 15) is 5.11 Å². The summed E-state index contributed by atoms with van der Waals surface area (Å²) in [6.07, 6.45) is 6.67. The van der Waals surface area contributed by atoms with Crippen molar-refractivity contribution >= 4 is 17.4 Å². The Kier molecular flexibility index (Phi) is 4.78. The molecular formula is C13H20ClN3O. The number of aromatic nitrogens is 2. The summed E-state index contributed by atoms with van der Waals surface area (Å²) in [5.41, 5.74) is 1.02. The molecule has 1 aromatic heterocycles. The van der Waals surface area contributed by atoms with Gasteiger partial charge in [0.2, 0.25) is 0 Å². The molecular weight excluding hydrogens is 250 g/mol. The summed E-state index contributed by atoms with van der Waals surface area (Å²) in [6, 6.07) is 0.375. The largest absolute Gasteiger partial charge is 0.396 e. The molecule has 1 aromatic rings. The predicted molar refractivity (Wildman–Crippen MR) is 73.1 cm³/mol. The van der Waals surface area contributed by atoms with E-state index >= 15 is 0 Å². The van der Waals surface area contributed by atoms with E-state index in [0.29, 0.717) is 11.2 Å². The normalized spacial score (nSPS) is 20.2. The minimum atomic E-state index is 0.224. The lowest BCUT2D eigenvalue weighted by Crippen LogP contribution is -2.41. The zero-order valence-electron chi connectivity index (χ0n) is 10.8. The molecule has 18 heavy (non-hydrogen) atoms. The Morgan fingerprint density at radius 3 is 3.00 bits per heavy atom. The molecule has 0 spiro atoms. The molecule has 2 rings (SSSR count). The van der Waals surface area contributed by atoms with Gasteiger partial charge in [-0.1, -0.05) is 18.5 Å². The summed E-state index contributed by atoms with van der Waals surface area (Å²) in [4.78, 5) is 10.8. The van der Waals surface area contributed by atoms with Gasteiger partial charge in [-0.3, -0.25) is 0 Å². The van der Waals surface area contributed by atoms with Crippen LogP contribution >= 0.6 is 11.6 Å². The number of piperidine rings is 1. The second kappa shape index (κ2) is 6.34. The summed E-state index contributed by atoms with van der Waals surface area (Å²) in [7, 11) is 0. The number of rotatable bonds is 4. The number of hydrogen-bond acceptors (Lipinski definition) is 4. The fourth-order valence-corrected chi connectivity index (χ4v) is 2.92. The molecule has 4 nitrogen and oxygen atoms in total. The van der Waals surface area contributed by atoms with E-state index in [4.69, 9.17) is 11.6 Å². The minimum Gasteiger partial charge on any atom is -0.396 e. The van der Waals surface area contributed by atoms with Gasteiger partial charge in [0.25, 0.3) is 0 Å². The zero-order valence-corrected chi connectivity index (χ0v) is 11.5. The van der Waals surface area contributed by atoms with E-state index in [1.807, 2.05) is 0 Å². The monoisotopic (exact) mass is 269 g/mol. The first-order chi connectivity index (χ1) is 8.77. The van der Waals surface area contributed by atoms with Crippen molar-refractivity contribution in [1.29, 1.82) is 0 Å². The third-order valence-corrected chi connectivity index (χ3v) is 3.91. The fraction of sp³-hybridized carbons (Fsp3) is 0.692. The van der Waals surface area contributed by atoms with Crippen LogP contribution in [0.1, 0.15) is 38.2 Å². The third-order valence-electron chi connectivity index (χ3n) is 3.59. The van der Waals surface area contributed by atoms with Crippen molar-refractivity contribution in [3.63, 3.8) is 0 Å². The molecule has 1 N–H and O–H groups in total. The maximum Gasteiger partial charge on any atom is 0.137 e. The molecule has 0 radical (unpaired) electrons. The molecule has 1 aliphatic heterocycles. The van der Waals surface area contributed by atoms with Crippen molar-refractivity contribution < 1.29 is 5.11 Å². The van der Waals surface area contributed by atoms with E-state index in [1.54, 1.807) is 0 Å². The average Bonchev–Trinajstić information content (AvgIpc) is 2.39. The van der Waals surface area contributed by atoms with Crippen molar-refractivity contribution in [1.82, 2.24) is 9.97 Å². The topological polar surface area (TPSA) is 49.2 Å². The molecule has 1 aliphatic rings. The van der Waals surface area contributed by atoms with Gasteiger partial charge in [0.05, 0.1) is 0 Å². The van der Waals surface area contributed by atoms with Crippen molar-refractivity contribution in [2.75, 3.05) is 18.1 Å². The van der Waals surface area contributed by atoms with Gasteiger partial charge in [0.1, 0.15) is 17.3 Å². The molecule has 1 unspecified atom stereocenters. The molecule has 0 aliphatic carbocycles. The number of aliphatic hydroxyl groups excluding tert-OH is 1.